The summed E-state index contributed by atoms with van der Waals surface area (Å²) >= 11 is 0. The van der Waals surface area contributed by atoms with Crippen LogP contribution in [0.3, 0.4) is 0 Å². The molecule has 0 heterocycles. The van der Waals surface area contributed by atoms with Gasteiger partial charge in [0.15, 0.2) is 0 Å². The molecule has 0 rings (SSSR count). The third-order valence-corrected chi connectivity index (χ3v) is 1.65. The Morgan fingerprint density at radius 1 is 1.55 bits per heavy atom. The molecule has 0 bridgehead atoms. The van der Waals surface area contributed by atoms with Crippen molar-refractivity contribution in [2.24, 2.45) is 0 Å². The smallest absolute Gasteiger partial charge is 0.145 e. The van der Waals surface area contributed by atoms with Gasteiger partial charge in [-0.2, -0.15) is 0 Å². The SMILES string of the molecule is COC(C)(C)C/C=C(\C)C=O. The molecule has 0 unspecified atom stereocenters. The van der Waals surface area contributed by atoms with Gasteiger partial charge < -0.3 is 4.74 Å². The Balaban J connectivity index is 3.95. The Bertz CT molecular complexity index is 157. The van der Waals surface area contributed by atoms with Gasteiger partial charge in [0.1, 0.15) is 6.29 Å². The van der Waals surface area contributed by atoms with Crippen LogP contribution in [-0.4, -0.2) is 19.0 Å². The van der Waals surface area contributed by atoms with Crippen LogP contribution in [0.15, 0.2) is 11.6 Å². The highest BCUT2D eigenvalue weighted by atomic mass is 16.5. The van der Waals surface area contributed by atoms with Crippen LogP contribution < -0.4 is 0 Å². The maximum atomic E-state index is 10.2. The number of methoxy groups -OCH3 is 1. The Labute approximate surface area is 68.2 Å². The lowest BCUT2D eigenvalue weighted by atomic mass is 10.0. The highest BCUT2D eigenvalue weighted by Crippen LogP contribution is 2.13. The van der Waals surface area contributed by atoms with E-state index < -0.39 is 0 Å². The number of allylic oxidation sites excluding steroid dienone is 1. The van der Waals surface area contributed by atoms with Crippen LogP contribution in [0.2, 0.25) is 0 Å². The van der Waals surface area contributed by atoms with Crippen LogP contribution in [0.25, 0.3) is 0 Å². The van der Waals surface area contributed by atoms with Crippen LogP contribution in [0.5, 0.6) is 0 Å². The van der Waals surface area contributed by atoms with Crippen molar-refractivity contribution in [2.75, 3.05) is 7.11 Å². The zero-order chi connectivity index (χ0) is 8.91. The third kappa shape index (κ3) is 4.73. The van der Waals surface area contributed by atoms with Crippen LogP contribution in [0.1, 0.15) is 27.2 Å². The van der Waals surface area contributed by atoms with E-state index in [0.29, 0.717) is 0 Å². The average Bonchev–Trinajstić information content (AvgIpc) is 2.00. The van der Waals surface area contributed by atoms with Gasteiger partial charge in [-0.1, -0.05) is 6.08 Å². The zero-order valence-corrected chi connectivity index (χ0v) is 7.68. The molecule has 0 spiro atoms. The van der Waals surface area contributed by atoms with E-state index in [-0.39, 0.29) is 5.60 Å². The summed E-state index contributed by atoms with van der Waals surface area (Å²) in [6, 6.07) is 0. The second-order valence-corrected chi connectivity index (χ2v) is 3.23. The fourth-order valence-corrected chi connectivity index (χ4v) is 0.538. The molecule has 0 fully saturated rings. The molecule has 0 saturated heterocycles. The number of rotatable bonds is 4. The van der Waals surface area contributed by atoms with Gasteiger partial charge in [-0.25, -0.2) is 0 Å². The van der Waals surface area contributed by atoms with E-state index in [1.807, 2.05) is 19.9 Å². The molecule has 0 aromatic rings. The van der Waals surface area contributed by atoms with Gasteiger partial charge in [-0.15, -0.1) is 0 Å². The minimum Gasteiger partial charge on any atom is -0.378 e. The van der Waals surface area contributed by atoms with Gasteiger partial charge in [-0.3, -0.25) is 4.79 Å². The first-order valence-electron chi connectivity index (χ1n) is 3.69. The molecule has 0 aromatic heterocycles. The molecule has 0 atom stereocenters. The zero-order valence-electron chi connectivity index (χ0n) is 7.68. The summed E-state index contributed by atoms with van der Waals surface area (Å²) < 4.78 is 5.17. The predicted molar refractivity (Wildman–Crippen MR) is 45.5 cm³/mol. The van der Waals surface area contributed by atoms with Crippen LogP contribution in [0.4, 0.5) is 0 Å². The molecule has 2 nitrogen and oxygen atoms in total. The quantitative estimate of drug-likeness (QED) is 0.459. The normalized spacial score (nSPS) is 13.3. The summed E-state index contributed by atoms with van der Waals surface area (Å²) in [6.45, 7) is 5.77. The molecule has 0 saturated carbocycles. The predicted octanol–water partition coefficient (Wildman–Crippen LogP) is 1.95. The highest BCUT2D eigenvalue weighted by Gasteiger charge is 2.13. The molecule has 11 heavy (non-hydrogen) atoms. The summed E-state index contributed by atoms with van der Waals surface area (Å²) in [5, 5.41) is 0. The van der Waals surface area contributed by atoms with E-state index >= 15 is 0 Å². The minimum atomic E-state index is -0.162. The fourth-order valence-electron chi connectivity index (χ4n) is 0.538. The number of carbonyl (C=O) groups excluding carboxylic acids is 1. The number of hydrogen-bond acceptors (Lipinski definition) is 2. The van der Waals surface area contributed by atoms with Crippen LogP contribution >= 0.6 is 0 Å². The van der Waals surface area contributed by atoms with Crippen molar-refractivity contribution in [1.82, 2.24) is 0 Å². The van der Waals surface area contributed by atoms with Crippen molar-refractivity contribution >= 4 is 6.29 Å². The lowest BCUT2D eigenvalue weighted by Crippen LogP contribution is -2.21. The lowest BCUT2D eigenvalue weighted by molar-refractivity contribution is -0.104. The van der Waals surface area contributed by atoms with Crippen molar-refractivity contribution in [3.63, 3.8) is 0 Å². The molecule has 0 aliphatic carbocycles. The Morgan fingerprint density at radius 2 is 2.09 bits per heavy atom. The van der Waals surface area contributed by atoms with Gasteiger partial charge >= 0.3 is 0 Å². The van der Waals surface area contributed by atoms with Crippen LogP contribution in [-0.2, 0) is 9.53 Å². The van der Waals surface area contributed by atoms with E-state index in [4.69, 9.17) is 4.74 Å². The largest absolute Gasteiger partial charge is 0.378 e. The number of carbonyl (C=O) groups is 1. The van der Waals surface area contributed by atoms with Gasteiger partial charge in [0.2, 0.25) is 0 Å². The number of aldehydes is 1. The second-order valence-electron chi connectivity index (χ2n) is 3.23. The summed E-state index contributed by atoms with van der Waals surface area (Å²) in [6.07, 6.45) is 3.51. The van der Waals surface area contributed by atoms with Gasteiger partial charge in [0.25, 0.3) is 0 Å². The molecular formula is C9H16O2. The first-order chi connectivity index (χ1) is 5.02. The highest BCUT2D eigenvalue weighted by molar-refractivity contribution is 5.71. The number of ether oxygens (including phenoxy) is 1. The topological polar surface area (TPSA) is 26.3 Å². The van der Waals surface area contributed by atoms with Crippen molar-refractivity contribution in [3.8, 4) is 0 Å². The van der Waals surface area contributed by atoms with Crippen LogP contribution in [0, 0.1) is 0 Å². The Kier molecular flexibility index (Phi) is 4.04. The van der Waals surface area contributed by atoms with Gasteiger partial charge in [-0.05, 0) is 32.8 Å². The molecule has 64 valence electrons. The van der Waals surface area contributed by atoms with Crippen molar-refractivity contribution in [3.05, 3.63) is 11.6 Å². The average molecular weight is 156 g/mol. The molecule has 0 aliphatic heterocycles. The van der Waals surface area contributed by atoms with Crippen molar-refractivity contribution in [1.29, 1.82) is 0 Å². The van der Waals surface area contributed by atoms with Crippen molar-refractivity contribution in [2.45, 2.75) is 32.8 Å². The first kappa shape index (κ1) is 10.4. The lowest BCUT2D eigenvalue weighted by Gasteiger charge is -2.20. The van der Waals surface area contributed by atoms with E-state index in [1.165, 1.54) is 0 Å². The molecule has 0 aliphatic rings. The van der Waals surface area contributed by atoms with E-state index in [9.17, 15) is 4.79 Å². The maximum absolute atomic E-state index is 10.2. The Morgan fingerprint density at radius 3 is 2.45 bits per heavy atom. The van der Waals surface area contributed by atoms with Gasteiger partial charge in [0.05, 0.1) is 5.60 Å². The third-order valence-electron chi connectivity index (χ3n) is 1.65. The molecule has 0 amide bonds. The minimum absolute atomic E-state index is 0.162. The standard InChI is InChI=1S/C9H16O2/c1-8(7-10)5-6-9(2,3)11-4/h5,7H,6H2,1-4H3/b8-5+. The molecule has 0 aromatic carbocycles. The summed E-state index contributed by atoms with van der Waals surface area (Å²) in [5.41, 5.74) is 0.597. The van der Waals surface area contributed by atoms with E-state index in [2.05, 4.69) is 0 Å². The first-order valence-corrected chi connectivity index (χ1v) is 3.69. The van der Waals surface area contributed by atoms with E-state index in [1.54, 1.807) is 14.0 Å². The summed E-state index contributed by atoms with van der Waals surface area (Å²) in [5.74, 6) is 0. The summed E-state index contributed by atoms with van der Waals surface area (Å²) in [7, 11) is 1.67. The Hall–Kier alpha value is -0.630. The molecule has 0 N–H and O–H groups in total. The monoisotopic (exact) mass is 156 g/mol. The summed E-state index contributed by atoms with van der Waals surface area (Å²) in [4.78, 5) is 10.2. The molecular weight excluding hydrogens is 140 g/mol. The second kappa shape index (κ2) is 4.29. The maximum Gasteiger partial charge on any atom is 0.145 e. The fraction of sp³-hybridized carbons (Fsp3) is 0.667. The van der Waals surface area contributed by atoms with Crippen molar-refractivity contribution < 1.29 is 9.53 Å². The molecule has 0 radical (unpaired) electrons. The number of hydrogen-bond donors (Lipinski definition) is 0. The van der Waals surface area contributed by atoms with E-state index in [0.717, 1.165) is 18.3 Å². The molecule has 2 heteroatoms. The van der Waals surface area contributed by atoms with Gasteiger partial charge in [0, 0.05) is 7.11 Å².